The molecule has 0 aromatic heterocycles. The molecule has 0 unspecified atom stereocenters. The van der Waals surface area contributed by atoms with Gasteiger partial charge in [-0.05, 0) is 29.8 Å². The van der Waals surface area contributed by atoms with E-state index >= 15 is 0 Å². The first-order chi connectivity index (χ1) is 9.38. The molecule has 106 valence electrons. The Bertz CT molecular complexity index is 614. The molecule has 0 heterocycles. The molecule has 0 saturated heterocycles. The second kappa shape index (κ2) is 5.63. The number of halogens is 4. The molecule has 20 heavy (non-hydrogen) atoms. The van der Waals surface area contributed by atoms with E-state index in [0.29, 0.717) is 5.56 Å². The van der Waals surface area contributed by atoms with Gasteiger partial charge in [0.15, 0.2) is 0 Å². The highest BCUT2D eigenvalue weighted by Gasteiger charge is 2.34. The van der Waals surface area contributed by atoms with Crippen LogP contribution in [0.25, 0.3) is 0 Å². The number of hydrogen-bond donors (Lipinski definition) is 2. The second-order valence-corrected chi connectivity index (χ2v) is 4.59. The van der Waals surface area contributed by atoms with Crippen molar-refractivity contribution in [1.29, 1.82) is 0 Å². The van der Waals surface area contributed by atoms with Gasteiger partial charge in [-0.2, -0.15) is 13.2 Å². The summed E-state index contributed by atoms with van der Waals surface area (Å²) in [5, 5.41) is 12.0. The Morgan fingerprint density at radius 3 is 2.45 bits per heavy atom. The fourth-order valence-electron chi connectivity index (χ4n) is 1.80. The maximum Gasteiger partial charge on any atom is 0.418 e. The highest BCUT2D eigenvalue weighted by Crippen LogP contribution is 2.38. The molecule has 6 heteroatoms. The smallest absolute Gasteiger partial charge is 0.418 e. The molecular formula is C14H11ClF3NO. The van der Waals surface area contributed by atoms with Gasteiger partial charge >= 0.3 is 6.18 Å². The van der Waals surface area contributed by atoms with Gasteiger partial charge in [0.1, 0.15) is 5.75 Å². The first-order valence-electron chi connectivity index (χ1n) is 5.75. The van der Waals surface area contributed by atoms with Gasteiger partial charge in [0.2, 0.25) is 0 Å². The van der Waals surface area contributed by atoms with Crippen molar-refractivity contribution >= 4 is 17.3 Å². The Morgan fingerprint density at radius 2 is 1.80 bits per heavy atom. The molecule has 0 aliphatic rings. The molecule has 0 aliphatic carbocycles. The van der Waals surface area contributed by atoms with Crippen LogP contribution in [0, 0.1) is 0 Å². The van der Waals surface area contributed by atoms with Gasteiger partial charge in [0.25, 0.3) is 0 Å². The third-order valence-electron chi connectivity index (χ3n) is 2.70. The maximum absolute atomic E-state index is 12.9. The molecule has 2 aromatic carbocycles. The van der Waals surface area contributed by atoms with Crippen LogP contribution in [0.5, 0.6) is 5.75 Å². The minimum Gasteiger partial charge on any atom is -0.508 e. The van der Waals surface area contributed by atoms with Crippen LogP contribution in [0.4, 0.5) is 18.9 Å². The van der Waals surface area contributed by atoms with E-state index < -0.39 is 11.7 Å². The molecule has 2 N–H and O–H groups in total. The Morgan fingerprint density at radius 1 is 1.10 bits per heavy atom. The molecule has 2 nitrogen and oxygen atoms in total. The fourth-order valence-corrected chi connectivity index (χ4v) is 2.04. The lowest BCUT2D eigenvalue weighted by molar-refractivity contribution is -0.136. The largest absolute Gasteiger partial charge is 0.508 e. The summed E-state index contributed by atoms with van der Waals surface area (Å²) < 4.78 is 38.6. The summed E-state index contributed by atoms with van der Waals surface area (Å²) in [5.41, 5.74) is -0.326. The van der Waals surface area contributed by atoms with E-state index in [9.17, 15) is 18.3 Å². The van der Waals surface area contributed by atoms with Crippen molar-refractivity contribution in [2.75, 3.05) is 5.32 Å². The Hall–Kier alpha value is -1.88. The number of alkyl halides is 3. The molecule has 0 radical (unpaired) electrons. The average Bonchev–Trinajstić information content (AvgIpc) is 2.36. The SMILES string of the molecule is Oc1cccc(CNc2c(Cl)cccc2C(F)(F)F)c1. The van der Waals surface area contributed by atoms with Gasteiger partial charge in [0, 0.05) is 6.54 Å². The molecule has 0 spiro atoms. The van der Waals surface area contributed by atoms with Gasteiger partial charge in [-0.25, -0.2) is 0 Å². The van der Waals surface area contributed by atoms with E-state index in [2.05, 4.69) is 5.32 Å². The monoisotopic (exact) mass is 301 g/mol. The lowest BCUT2D eigenvalue weighted by atomic mass is 10.1. The number of rotatable bonds is 3. The zero-order valence-corrected chi connectivity index (χ0v) is 11.0. The molecule has 0 fully saturated rings. The maximum atomic E-state index is 12.9. The lowest BCUT2D eigenvalue weighted by Gasteiger charge is -2.16. The summed E-state index contributed by atoms with van der Waals surface area (Å²) in [7, 11) is 0. The minimum atomic E-state index is -4.48. The molecule has 0 bridgehead atoms. The standard InChI is InChI=1S/C14H11ClF3NO/c15-12-6-2-5-11(14(16,17)18)13(12)19-8-9-3-1-4-10(20)7-9/h1-7,19-20H,8H2. The summed E-state index contributed by atoms with van der Waals surface area (Å²) in [6.07, 6.45) is -4.48. The van der Waals surface area contributed by atoms with Gasteiger partial charge in [-0.1, -0.05) is 29.8 Å². The van der Waals surface area contributed by atoms with Crippen LogP contribution in [0.2, 0.25) is 5.02 Å². The van der Waals surface area contributed by atoms with E-state index in [1.807, 2.05) is 0 Å². The predicted octanol–water partition coefficient (Wildman–Crippen LogP) is 4.68. The topological polar surface area (TPSA) is 32.3 Å². The van der Waals surface area contributed by atoms with Crippen molar-refractivity contribution in [2.24, 2.45) is 0 Å². The normalized spacial score (nSPS) is 11.4. The van der Waals surface area contributed by atoms with E-state index in [1.165, 1.54) is 24.3 Å². The molecular weight excluding hydrogens is 291 g/mol. The van der Waals surface area contributed by atoms with Crippen molar-refractivity contribution in [2.45, 2.75) is 12.7 Å². The average molecular weight is 302 g/mol. The number of hydrogen-bond acceptors (Lipinski definition) is 2. The zero-order chi connectivity index (χ0) is 14.8. The summed E-state index contributed by atoms with van der Waals surface area (Å²) in [6, 6.07) is 9.88. The number of aromatic hydroxyl groups is 1. The number of benzene rings is 2. The number of phenols is 1. The van der Waals surface area contributed by atoms with E-state index in [4.69, 9.17) is 11.6 Å². The molecule has 0 amide bonds. The summed E-state index contributed by atoms with van der Waals surface area (Å²) in [5.74, 6) is 0.0551. The molecule has 0 aliphatic heterocycles. The Balaban J connectivity index is 2.25. The third-order valence-corrected chi connectivity index (χ3v) is 3.01. The van der Waals surface area contributed by atoms with E-state index in [-0.39, 0.29) is 23.0 Å². The highest BCUT2D eigenvalue weighted by atomic mass is 35.5. The van der Waals surface area contributed by atoms with Gasteiger partial charge < -0.3 is 10.4 Å². The Kier molecular flexibility index (Phi) is 4.09. The molecule has 2 aromatic rings. The quantitative estimate of drug-likeness (QED) is 0.863. The van der Waals surface area contributed by atoms with Crippen LogP contribution in [-0.4, -0.2) is 5.11 Å². The van der Waals surface area contributed by atoms with Crippen LogP contribution < -0.4 is 5.32 Å². The number of anilines is 1. The van der Waals surface area contributed by atoms with Crippen molar-refractivity contribution in [3.05, 3.63) is 58.6 Å². The predicted molar refractivity (Wildman–Crippen MR) is 71.9 cm³/mol. The van der Waals surface area contributed by atoms with Gasteiger partial charge in [0.05, 0.1) is 16.3 Å². The van der Waals surface area contributed by atoms with Gasteiger partial charge in [-0.3, -0.25) is 0 Å². The third kappa shape index (κ3) is 3.36. The molecule has 0 atom stereocenters. The number of nitrogens with one attached hydrogen (secondary N) is 1. The minimum absolute atomic E-state index is 0.0000203. The lowest BCUT2D eigenvalue weighted by Crippen LogP contribution is -2.11. The van der Waals surface area contributed by atoms with Crippen LogP contribution in [-0.2, 0) is 12.7 Å². The van der Waals surface area contributed by atoms with Crippen molar-refractivity contribution in [3.63, 3.8) is 0 Å². The van der Waals surface area contributed by atoms with Crippen molar-refractivity contribution in [1.82, 2.24) is 0 Å². The molecule has 0 saturated carbocycles. The van der Waals surface area contributed by atoms with Crippen LogP contribution >= 0.6 is 11.6 Å². The van der Waals surface area contributed by atoms with E-state index in [1.54, 1.807) is 12.1 Å². The van der Waals surface area contributed by atoms with Crippen molar-refractivity contribution < 1.29 is 18.3 Å². The number of para-hydroxylation sites is 1. The zero-order valence-electron chi connectivity index (χ0n) is 10.2. The second-order valence-electron chi connectivity index (χ2n) is 4.18. The number of phenolic OH excluding ortho intramolecular Hbond substituents is 1. The molecule has 2 rings (SSSR count). The van der Waals surface area contributed by atoms with E-state index in [0.717, 1.165) is 6.07 Å². The van der Waals surface area contributed by atoms with Crippen molar-refractivity contribution in [3.8, 4) is 5.75 Å². The van der Waals surface area contributed by atoms with Gasteiger partial charge in [-0.15, -0.1) is 0 Å². The highest BCUT2D eigenvalue weighted by molar-refractivity contribution is 6.33. The summed E-state index contributed by atoms with van der Waals surface area (Å²) in [4.78, 5) is 0. The van der Waals surface area contributed by atoms with Crippen LogP contribution in [0.1, 0.15) is 11.1 Å². The summed E-state index contributed by atoms with van der Waals surface area (Å²) >= 11 is 5.82. The summed E-state index contributed by atoms with van der Waals surface area (Å²) in [6.45, 7) is 0.126. The first kappa shape index (κ1) is 14.5. The Labute approximate surface area is 118 Å². The van der Waals surface area contributed by atoms with Crippen LogP contribution in [0.15, 0.2) is 42.5 Å². The fraction of sp³-hybridized carbons (Fsp3) is 0.143. The first-order valence-corrected chi connectivity index (χ1v) is 6.13. The van der Waals surface area contributed by atoms with Crippen LogP contribution in [0.3, 0.4) is 0 Å².